The molecule has 0 aliphatic heterocycles. The number of hydrogen-bond acceptors (Lipinski definition) is 5. The largest absolute Gasteiger partial charge is 0.507 e. The van der Waals surface area contributed by atoms with Crippen LogP contribution in [0.4, 0.5) is 0 Å². The van der Waals surface area contributed by atoms with Crippen LogP contribution >= 0.6 is 0 Å². The van der Waals surface area contributed by atoms with Gasteiger partial charge in [-0.3, -0.25) is 4.79 Å². The molecule has 2 aromatic carbocycles. The van der Waals surface area contributed by atoms with E-state index in [1.54, 1.807) is 19.3 Å². The maximum absolute atomic E-state index is 12.6. The highest BCUT2D eigenvalue weighted by Crippen LogP contribution is 2.34. The van der Waals surface area contributed by atoms with Gasteiger partial charge in [0.25, 0.3) is 0 Å². The molecule has 0 radical (unpaired) electrons. The number of carbonyl (C=O) groups excluding carboxylic acids is 1. The Kier molecular flexibility index (Phi) is 6.06. The van der Waals surface area contributed by atoms with Gasteiger partial charge in [-0.2, -0.15) is 0 Å². The molecule has 0 bridgehead atoms. The van der Waals surface area contributed by atoms with Crippen LogP contribution in [0.5, 0.6) is 23.0 Å². The number of hydrogen-bond donors (Lipinski definition) is 1. The van der Waals surface area contributed by atoms with Crippen molar-refractivity contribution in [1.29, 1.82) is 0 Å². The smallest absolute Gasteiger partial charge is 0.193 e. The molecule has 0 saturated heterocycles. The van der Waals surface area contributed by atoms with Crippen molar-refractivity contribution in [2.45, 2.75) is 20.0 Å². The molecule has 5 heteroatoms. The molecular weight excluding hydrogens is 320 g/mol. The molecule has 0 atom stereocenters. The van der Waals surface area contributed by atoms with E-state index in [0.29, 0.717) is 5.75 Å². The second-order valence-electron chi connectivity index (χ2n) is 5.66. The van der Waals surface area contributed by atoms with Crippen LogP contribution in [-0.4, -0.2) is 31.2 Å². The number of benzene rings is 2. The van der Waals surface area contributed by atoms with Gasteiger partial charge < -0.3 is 19.3 Å². The molecule has 5 nitrogen and oxygen atoms in total. The number of rotatable bonds is 7. The van der Waals surface area contributed by atoms with Crippen molar-refractivity contribution >= 4 is 11.9 Å². The topological polar surface area (TPSA) is 65.0 Å². The van der Waals surface area contributed by atoms with Crippen molar-refractivity contribution in [3.8, 4) is 23.0 Å². The highest BCUT2D eigenvalue weighted by molar-refractivity contribution is 6.10. The Morgan fingerprint density at radius 3 is 2.24 bits per heavy atom. The summed E-state index contributed by atoms with van der Waals surface area (Å²) in [6.45, 7) is 3.69. The Balaban J connectivity index is 2.31. The first kappa shape index (κ1) is 18.4. The van der Waals surface area contributed by atoms with Gasteiger partial charge in [0, 0.05) is 12.1 Å². The zero-order valence-electron chi connectivity index (χ0n) is 14.8. The van der Waals surface area contributed by atoms with Crippen LogP contribution in [0, 0.1) is 0 Å². The summed E-state index contributed by atoms with van der Waals surface area (Å²) >= 11 is 0. The summed E-state index contributed by atoms with van der Waals surface area (Å²) in [7, 11) is 3.08. The minimum atomic E-state index is -0.355. The van der Waals surface area contributed by atoms with Gasteiger partial charge in [0.15, 0.2) is 5.78 Å². The van der Waals surface area contributed by atoms with Crippen LogP contribution in [0.1, 0.15) is 29.8 Å². The standard InChI is InChI=1S/C20H22O5/c1-13(2)25-19-12-16(24-4)11-18(22)20(19)17(21)10-7-14-5-8-15(23-3)9-6-14/h5-13,22H,1-4H3. The molecule has 0 aromatic heterocycles. The molecule has 0 heterocycles. The van der Waals surface area contributed by atoms with Gasteiger partial charge in [0.1, 0.15) is 28.6 Å². The van der Waals surface area contributed by atoms with E-state index in [9.17, 15) is 9.90 Å². The SMILES string of the molecule is COc1ccc(C=CC(=O)c2c(O)cc(OC)cc2OC(C)C)cc1. The number of phenols is 1. The maximum atomic E-state index is 12.6. The molecule has 0 aliphatic rings. The number of ether oxygens (including phenoxy) is 3. The van der Waals surface area contributed by atoms with Crippen molar-refractivity contribution in [2.75, 3.05) is 14.2 Å². The zero-order valence-corrected chi connectivity index (χ0v) is 14.8. The third kappa shape index (κ3) is 4.76. The molecule has 2 rings (SSSR count). The molecule has 2 aromatic rings. The van der Waals surface area contributed by atoms with Gasteiger partial charge in [-0.25, -0.2) is 0 Å². The van der Waals surface area contributed by atoms with Crippen LogP contribution in [0.25, 0.3) is 6.08 Å². The van der Waals surface area contributed by atoms with Gasteiger partial charge in [0.05, 0.1) is 20.3 Å². The molecule has 132 valence electrons. The van der Waals surface area contributed by atoms with Crippen molar-refractivity contribution in [1.82, 2.24) is 0 Å². The fourth-order valence-corrected chi connectivity index (χ4v) is 2.26. The predicted octanol–water partition coefficient (Wildman–Crippen LogP) is 4.09. The first-order chi connectivity index (χ1) is 11.9. The molecule has 1 N–H and O–H groups in total. The normalized spacial score (nSPS) is 10.9. The minimum absolute atomic E-state index is 0.110. The second kappa shape index (κ2) is 8.24. The Bertz CT molecular complexity index is 760. The van der Waals surface area contributed by atoms with Gasteiger partial charge in [0.2, 0.25) is 0 Å². The second-order valence-corrected chi connectivity index (χ2v) is 5.66. The summed E-state index contributed by atoms with van der Waals surface area (Å²) in [4.78, 5) is 12.6. The maximum Gasteiger partial charge on any atom is 0.193 e. The quantitative estimate of drug-likeness (QED) is 0.606. The van der Waals surface area contributed by atoms with Crippen molar-refractivity contribution in [3.05, 3.63) is 53.6 Å². The van der Waals surface area contributed by atoms with E-state index in [-0.39, 0.29) is 28.9 Å². The number of phenolic OH excluding ortho intramolecular Hbond substituents is 1. The van der Waals surface area contributed by atoms with Crippen molar-refractivity contribution in [3.63, 3.8) is 0 Å². The number of aromatic hydroxyl groups is 1. The van der Waals surface area contributed by atoms with E-state index in [1.807, 2.05) is 38.1 Å². The third-order valence-electron chi connectivity index (χ3n) is 3.44. The number of ketones is 1. The first-order valence-electron chi connectivity index (χ1n) is 7.88. The molecular formula is C20H22O5. The Morgan fingerprint density at radius 1 is 1.04 bits per heavy atom. The minimum Gasteiger partial charge on any atom is -0.507 e. The Labute approximate surface area is 147 Å². The van der Waals surface area contributed by atoms with E-state index < -0.39 is 0 Å². The summed E-state index contributed by atoms with van der Waals surface area (Å²) < 4.78 is 15.9. The van der Waals surface area contributed by atoms with Crippen LogP contribution in [0.3, 0.4) is 0 Å². The van der Waals surface area contributed by atoms with Crippen LogP contribution in [0.15, 0.2) is 42.5 Å². The average molecular weight is 342 g/mol. The zero-order chi connectivity index (χ0) is 18.4. The lowest BCUT2D eigenvalue weighted by molar-refractivity contribution is 0.103. The summed E-state index contributed by atoms with van der Waals surface area (Å²) in [5.74, 6) is 0.912. The fraction of sp³-hybridized carbons (Fsp3) is 0.250. The van der Waals surface area contributed by atoms with Crippen molar-refractivity contribution < 1.29 is 24.1 Å². The van der Waals surface area contributed by atoms with E-state index in [2.05, 4.69) is 0 Å². The monoisotopic (exact) mass is 342 g/mol. The fourth-order valence-electron chi connectivity index (χ4n) is 2.26. The number of methoxy groups -OCH3 is 2. The predicted molar refractivity (Wildman–Crippen MR) is 96.8 cm³/mol. The summed E-state index contributed by atoms with van der Waals surface area (Å²) in [6.07, 6.45) is 2.92. The lowest BCUT2D eigenvalue weighted by atomic mass is 10.1. The lowest BCUT2D eigenvalue weighted by Gasteiger charge is -2.15. The molecule has 0 spiro atoms. The Morgan fingerprint density at radius 2 is 1.68 bits per heavy atom. The molecule has 0 saturated carbocycles. The molecule has 25 heavy (non-hydrogen) atoms. The van der Waals surface area contributed by atoms with E-state index in [0.717, 1.165) is 11.3 Å². The van der Waals surface area contributed by atoms with Crippen LogP contribution in [-0.2, 0) is 0 Å². The first-order valence-corrected chi connectivity index (χ1v) is 7.88. The van der Waals surface area contributed by atoms with Crippen molar-refractivity contribution in [2.24, 2.45) is 0 Å². The number of carbonyl (C=O) groups is 1. The lowest BCUT2D eigenvalue weighted by Crippen LogP contribution is -2.10. The van der Waals surface area contributed by atoms with Crippen LogP contribution < -0.4 is 14.2 Å². The third-order valence-corrected chi connectivity index (χ3v) is 3.44. The molecule has 0 aliphatic carbocycles. The highest BCUT2D eigenvalue weighted by Gasteiger charge is 2.18. The van der Waals surface area contributed by atoms with Gasteiger partial charge in [-0.1, -0.05) is 18.2 Å². The van der Waals surface area contributed by atoms with E-state index in [1.165, 1.54) is 19.3 Å². The molecule has 0 unspecified atom stereocenters. The van der Waals surface area contributed by atoms with Crippen LogP contribution in [0.2, 0.25) is 0 Å². The van der Waals surface area contributed by atoms with Gasteiger partial charge in [-0.15, -0.1) is 0 Å². The highest BCUT2D eigenvalue weighted by atomic mass is 16.5. The summed E-state index contributed by atoms with van der Waals surface area (Å²) in [5, 5.41) is 10.2. The molecule has 0 fully saturated rings. The number of allylic oxidation sites excluding steroid dienone is 1. The van der Waals surface area contributed by atoms with E-state index in [4.69, 9.17) is 14.2 Å². The van der Waals surface area contributed by atoms with E-state index >= 15 is 0 Å². The average Bonchev–Trinajstić information content (AvgIpc) is 2.59. The van der Waals surface area contributed by atoms with Gasteiger partial charge >= 0.3 is 0 Å². The summed E-state index contributed by atoms with van der Waals surface area (Å²) in [6, 6.07) is 10.3. The summed E-state index contributed by atoms with van der Waals surface area (Å²) in [5.41, 5.74) is 0.952. The van der Waals surface area contributed by atoms with Gasteiger partial charge in [-0.05, 0) is 37.6 Å². The molecule has 0 amide bonds. The Hall–Kier alpha value is -2.95.